The van der Waals surface area contributed by atoms with Gasteiger partial charge in [0.05, 0.1) is 11.3 Å². The molecule has 0 aliphatic rings. The Morgan fingerprint density at radius 1 is 1.23 bits per heavy atom. The Hall–Kier alpha value is -1.97. The van der Waals surface area contributed by atoms with Crippen LogP contribution in [0.4, 0.5) is 13.2 Å². The van der Waals surface area contributed by atoms with E-state index < -0.39 is 17.8 Å². The molecule has 0 saturated carbocycles. The van der Waals surface area contributed by atoms with Gasteiger partial charge in [0, 0.05) is 12.0 Å². The summed E-state index contributed by atoms with van der Waals surface area (Å²) in [4.78, 5) is 9.29. The largest absolute Gasteiger partial charge is 0.418 e. The van der Waals surface area contributed by atoms with E-state index in [4.69, 9.17) is 16.3 Å². The minimum Gasteiger partial charge on any atom is -0.374 e. The van der Waals surface area contributed by atoms with Crippen molar-refractivity contribution < 1.29 is 17.9 Å². The van der Waals surface area contributed by atoms with Crippen molar-refractivity contribution >= 4 is 22.9 Å². The molecule has 0 bridgehead atoms. The molecule has 10 heteroatoms. The fraction of sp³-hybridized carbons (Fsp3) is 0.312. The van der Waals surface area contributed by atoms with Gasteiger partial charge in [0.1, 0.15) is 11.8 Å². The average Bonchev–Trinajstić information content (AvgIpc) is 3.16. The Kier molecular flexibility index (Phi) is 5.05. The van der Waals surface area contributed by atoms with Gasteiger partial charge in [-0.3, -0.25) is 0 Å². The van der Waals surface area contributed by atoms with Crippen LogP contribution < -0.4 is 0 Å². The lowest BCUT2D eigenvalue weighted by Crippen LogP contribution is -2.12. The first-order valence-corrected chi connectivity index (χ1v) is 8.71. The second-order valence-electron chi connectivity index (χ2n) is 5.47. The molecule has 0 amide bonds. The van der Waals surface area contributed by atoms with Gasteiger partial charge in [-0.25, -0.2) is 14.6 Å². The maximum Gasteiger partial charge on any atom is 0.418 e. The third-order valence-corrected chi connectivity index (χ3v) is 4.84. The highest BCUT2D eigenvalue weighted by atomic mass is 35.5. The lowest BCUT2D eigenvalue weighted by Gasteiger charge is -2.13. The third kappa shape index (κ3) is 3.46. The average molecular weight is 403 g/mol. The topological polar surface area (TPSA) is 52.8 Å². The molecule has 2 heterocycles. The van der Waals surface area contributed by atoms with Gasteiger partial charge in [-0.1, -0.05) is 23.7 Å². The van der Waals surface area contributed by atoms with Crippen molar-refractivity contribution in [2.45, 2.75) is 26.1 Å². The summed E-state index contributed by atoms with van der Waals surface area (Å²) >= 11 is 7.18. The number of para-hydroxylation sites is 1. The lowest BCUT2D eigenvalue weighted by molar-refractivity contribution is -0.137. The number of nitrogens with zero attached hydrogens (tertiary/aromatic N) is 4. The molecule has 0 radical (unpaired) electrons. The second-order valence-corrected chi connectivity index (χ2v) is 7.26. The molecule has 3 rings (SSSR count). The highest BCUT2D eigenvalue weighted by Gasteiger charge is 2.35. The van der Waals surface area contributed by atoms with E-state index >= 15 is 0 Å². The van der Waals surface area contributed by atoms with Gasteiger partial charge in [0.25, 0.3) is 0 Å². The molecule has 3 aromatic rings. The summed E-state index contributed by atoms with van der Waals surface area (Å²) in [5, 5.41) is 4.25. The normalized spacial score (nSPS) is 13.2. The summed E-state index contributed by atoms with van der Waals surface area (Å²) in [5.74, 6) is 0.434. The van der Waals surface area contributed by atoms with E-state index in [2.05, 4.69) is 15.1 Å². The Labute approximate surface area is 156 Å². The van der Waals surface area contributed by atoms with Crippen LogP contribution in [0.1, 0.15) is 29.3 Å². The molecular formula is C16H14ClF3N4OS. The molecule has 0 spiro atoms. The molecule has 1 unspecified atom stereocenters. The zero-order chi connectivity index (χ0) is 19.1. The second kappa shape index (κ2) is 6.98. The molecule has 2 aromatic heterocycles. The number of rotatable bonds is 4. The Balaban J connectivity index is 2.28. The quantitative estimate of drug-likeness (QED) is 0.610. The van der Waals surface area contributed by atoms with Crippen LogP contribution in [0.15, 0.2) is 24.3 Å². The number of alkyl halides is 3. The molecule has 1 atom stereocenters. The number of aryl methyl sites for hydroxylation is 1. The molecule has 0 N–H and O–H groups in total. The fourth-order valence-corrected chi connectivity index (χ4v) is 3.45. The zero-order valence-electron chi connectivity index (χ0n) is 14.0. The van der Waals surface area contributed by atoms with Gasteiger partial charge in [0.2, 0.25) is 0 Å². The van der Waals surface area contributed by atoms with Crippen molar-refractivity contribution in [3.05, 3.63) is 45.0 Å². The first-order chi connectivity index (χ1) is 12.2. The van der Waals surface area contributed by atoms with E-state index in [1.165, 1.54) is 36.6 Å². The number of halogens is 4. The van der Waals surface area contributed by atoms with Gasteiger partial charge < -0.3 is 4.74 Å². The zero-order valence-corrected chi connectivity index (χ0v) is 15.6. The number of aromatic nitrogens is 4. The van der Waals surface area contributed by atoms with E-state index in [0.717, 1.165) is 15.6 Å². The molecule has 26 heavy (non-hydrogen) atoms. The number of ether oxygens (including phenoxy) is 1. The van der Waals surface area contributed by atoms with Crippen molar-refractivity contribution in [3.63, 3.8) is 0 Å². The number of methoxy groups -OCH3 is 1. The molecule has 5 nitrogen and oxygen atoms in total. The van der Waals surface area contributed by atoms with E-state index in [-0.39, 0.29) is 21.8 Å². The highest BCUT2D eigenvalue weighted by Crippen LogP contribution is 2.36. The van der Waals surface area contributed by atoms with Crippen LogP contribution in [-0.4, -0.2) is 26.9 Å². The summed E-state index contributed by atoms with van der Waals surface area (Å²) in [6, 6.07) is 5.18. The molecule has 0 aliphatic carbocycles. The molecular weight excluding hydrogens is 389 g/mol. The van der Waals surface area contributed by atoms with Gasteiger partial charge in [-0.2, -0.15) is 13.2 Å². The summed E-state index contributed by atoms with van der Waals surface area (Å²) in [6.45, 7) is 3.48. The van der Waals surface area contributed by atoms with E-state index in [0.29, 0.717) is 5.69 Å². The van der Waals surface area contributed by atoms with Gasteiger partial charge in [-0.15, -0.1) is 16.4 Å². The van der Waals surface area contributed by atoms with Crippen molar-refractivity contribution in [1.82, 2.24) is 19.7 Å². The van der Waals surface area contributed by atoms with Crippen LogP contribution in [0.2, 0.25) is 4.47 Å². The van der Waals surface area contributed by atoms with E-state index in [1.807, 2.05) is 0 Å². The summed E-state index contributed by atoms with van der Waals surface area (Å²) in [6.07, 6.45) is -5.04. The van der Waals surface area contributed by atoms with Crippen molar-refractivity contribution in [1.29, 1.82) is 0 Å². The third-order valence-electron chi connectivity index (χ3n) is 3.76. The Morgan fingerprint density at radius 2 is 1.92 bits per heavy atom. The van der Waals surface area contributed by atoms with E-state index in [9.17, 15) is 13.2 Å². The van der Waals surface area contributed by atoms with Crippen LogP contribution in [0, 0.1) is 6.92 Å². The Bertz CT molecular complexity index is 938. The summed E-state index contributed by atoms with van der Waals surface area (Å²) in [5.41, 5.74) is -0.568. The smallest absolute Gasteiger partial charge is 0.374 e. The molecule has 0 saturated heterocycles. The summed E-state index contributed by atoms with van der Waals surface area (Å²) < 4.78 is 47.0. The predicted octanol–water partition coefficient (Wildman–Crippen LogP) is 5.08. The molecule has 1 aromatic carbocycles. The summed E-state index contributed by atoms with van der Waals surface area (Å²) in [7, 11) is 1.47. The maximum atomic E-state index is 13.5. The maximum absolute atomic E-state index is 13.5. The standard InChI is InChI=1S/C16H14ClF3N4OS/c1-8(25-3)13-22-14(12-9(2)26-15(17)21-12)24(23-13)11-7-5-4-6-10(11)16(18,19)20/h4-8H,1-3H3. The van der Waals surface area contributed by atoms with Crippen LogP contribution >= 0.6 is 22.9 Å². The van der Waals surface area contributed by atoms with Gasteiger partial charge in [0.15, 0.2) is 16.1 Å². The van der Waals surface area contributed by atoms with Crippen molar-refractivity contribution in [2.75, 3.05) is 7.11 Å². The Morgan fingerprint density at radius 3 is 2.50 bits per heavy atom. The number of benzene rings is 1. The predicted molar refractivity (Wildman–Crippen MR) is 92.6 cm³/mol. The van der Waals surface area contributed by atoms with E-state index in [1.54, 1.807) is 13.8 Å². The molecule has 0 fully saturated rings. The van der Waals surface area contributed by atoms with Crippen LogP contribution in [0.3, 0.4) is 0 Å². The van der Waals surface area contributed by atoms with Gasteiger partial charge in [-0.05, 0) is 26.0 Å². The fourth-order valence-electron chi connectivity index (χ4n) is 2.40. The van der Waals surface area contributed by atoms with Crippen LogP contribution in [0.25, 0.3) is 17.2 Å². The van der Waals surface area contributed by atoms with Crippen LogP contribution in [-0.2, 0) is 10.9 Å². The SMILES string of the molecule is COC(C)c1nc(-c2nc(Cl)sc2C)n(-c2ccccc2C(F)(F)F)n1. The van der Waals surface area contributed by atoms with Crippen molar-refractivity contribution in [3.8, 4) is 17.2 Å². The molecule has 138 valence electrons. The lowest BCUT2D eigenvalue weighted by atomic mass is 10.1. The molecule has 0 aliphatic heterocycles. The number of hydrogen-bond acceptors (Lipinski definition) is 5. The van der Waals surface area contributed by atoms with Gasteiger partial charge >= 0.3 is 6.18 Å². The highest BCUT2D eigenvalue weighted by molar-refractivity contribution is 7.16. The first-order valence-electron chi connectivity index (χ1n) is 7.52. The first kappa shape index (κ1) is 18.8. The van der Waals surface area contributed by atoms with Crippen molar-refractivity contribution in [2.24, 2.45) is 0 Å². The number of thiazole rings is 1. The minimum absolute atomic E-state index is 0.138. The van der Waals surface area contributed by atoms with Crippen LogP contribution in [0.5, 0.6) is 0 Å². The minimum atomic E-state index is -4.54. The monoisotopic (exact) mass is 402 g/mol. The number of hydrogen-bond donors (Lipinski definition) is 0.